The summed E-state index contributed by atoms with van der Waals surface area (Å²) >= 11 is 5.90. The topological polar surface area (TPSA) is 40.5 Å². The lowest BCUT2D eigenvalue weighted by molar-refractivity contribution is 0.0697. The Morgan fingerprint density at radius 3 is 2.63 bits per heavy atom. The molecule has 1 aromatic carbocycles. The van der Waals surface area contributed by atoms with Crippen LogP contribution in [0.2, 0.25) is 5.02 Å². The highest BCUT2D eigenvalue weighted by molar-refractivity contribution is 6.31. The van der Waals surface area contributed by atoms with Crippen molar-refractivity contribution in [2.75, 3.05) is 11.4 Å². The lowest BCUT2D eigenvalue weighted by Gasteiger charge is -2.32. The summed E-state index contributed by atoms with van der Waals surface area (Å²) in [5, 5.41) is 9.79. The number of nitrogens with zero attached hydrogens (tertiary/aromatic N) is 1. The molecule has 0 saturated heterocycles. The maximum atomic E-state index is 11.4. The summed E-state index contributed by atoms with van der Waals surface area (Å²) < 4.78 is 0. The van der Waals surface area contributed by atoms with Crippen LogP contribution >= 0.6 is 11.6 Å². The Labute approximate surface area is 120 Å². The summed E-state index contributed by atoms with van der Waals surface area (Å²) in [5.74, 6) is -0.928. The van der Waals surface area contributed by atoms with Crippen LogP contribution in [-0.2, 0) is 0 Å². The smallest absolute Gasteiger partial charge is 0.337 e. The van der Waals surface area contributed by atoms with Crippen molar-refractivity contribution in [3.8, 4) is 0 Å². The number of anilines is 1. The van der Waals surface area contributed by atoms with Gasteiger partial charge in [0.1, 0.15) is 0 Å². The van der Waals surface area contributed by atoms with E-state index in [2.05, 4.69) is 25.7 Å². The van der Waals surface area contributed by atoms with E-state index in [9.17, 15) is 9.90 Å². The number of benzene rings is 1. The van der Waals surface area contributed by atoms with Crippen molar-refractivity contribution in [2.45, 2.75) is 46.1 Å². The first kappa shape index (κ1) is 15.8. The summed E-state index contributed by atoms with van der Waals surface area (Å²) in [7, 11) is 0. The van der Waals surface area contributed by atoms with Crippen LogP contribution in [0, 0.1) is 0 Å². The molecule has 0 saturated carbocycles. The molecule has 4 heteroatoms. The normalized spacial score (nSPS) is 12.2. The van der Waals surface area contributed by atoms with E-state index in [1.54, 1.807) is 6.07 Å². The highest BCUT2D eigenvalue weighted by atomic mass is 35.5. The van der Waals surface area contributed by atoms with Gasteiger partial charge in [-0.1, -0.05) is 31.9 Å². The molecule has 1 aromatic rings. The Kier molecular flexibility index (Phi) is 6.16. The van der Waals surface area contributed by atoms with Crippen LogP contribution in [0.3, 0.4) is 0 Å². The third kappa shape index (κ3) is 4.13. The Bertz CT molecular complexity index is 434. The van der Waals surface area contributed by atoms with Gasteiger partial charge in [0.25, 0.3) is 0 Å². The van der Waals surface area contributed by atoms with Crippen molar-refractivity contribution in [2.24, 2.45) is 0 Å². The van der Waals surface area contributed by atoms with Gasteiger partial charge in [-0.05, 0) is 38.0 Å². The Balaban J connectivity index is 3.17. The molecule has 0 bridgehead atoms. The fraction of sp³-hybridized carbons (Fsp3) is 0.533. The minimum absolute atomic E-state index is 0.281. The van der Waals surface area contributed by atoms with Crippen LogP contribution in [0.15, 0.2) is 18.2 Å². The van der Waals surface area contributed by atoms with Gasteiger partial charge in [0.15, 0.2) is 0 Å². The Hall–Kier alpha value is -1.22. The molecule has 0 fully saturated rings. The zero-order chi connectivity index (χ0) is 14.4. The van der Waals surface area contributed by atoms with Crippen LogP contribution in [0.1, 0.15) is 50.4 Å². The van der Waals surface area contributed by atoms with E-state index in [-0.39, 0.29) is 5.56 Å². The first-order valence-electron chi connectivity index (χ1n) is 6.80. The molecule has 106 valence electrons. The third-order valence-corrected chi connectivity index (χ3v) is 3.61. The number of carboxylic acids is 1. The highest BCUT2D eigenvalue weighted by Crippen LogP contribution is 2.27. The van der Waals surface area contributed by atoms with E-state index >= 15 is 0 Å². The number of hydrogen-bond donors (Lipinski definition) is 1. The van der Waals surface area contributed by atoms with Crippen molar-refractivity contribution < 1.29 is 9.90 Å². The summed E-state index contributed by atoms with van der Waals surface area (Å²) in [6, 6.07) is 5.41. The fourth-order valence-corrected chi connectivity index (χ4v) is 2.23. The van der Waals surface area contributed by atoms with Gasteiger partial charge in [0.05, 0.1) is 11.3 Å². The number of halogens is 1. The second-order valence-electron chi connectivity index (χ2n) is 4.77. The number of carbonyl (C=O) groups is 1. The maximum Gasteiger partial charge on any atom is 0.337 e. The van der Waals surface area contributed by atoms with Crippen LogP contribution in [-0.4, -0.2) is 23.7 Å². The second-order valence-corrected chi connectivity index (χ2v) is 5.21. The zero-order valence-electron chi connectivity index (χ0n) is 11.8. The third-order valence-electron chi connectivity index (χ3n) is 3.37. The first-order chi connectivity index (χ1) is 9.01. The molecule has 1 rings (SSSR count). The van der Waals surface area contributed by atoms with Crippen molar-refractivity contribution in [1.29, 1.82) is 0 Å². The molecular formula is C15H22ClNO2. The quantitative estimate of drug-likeness (QED) is 0.804. The van der Waals surface area contributed by atoms with Crippen LogP contribution in [0.4, 0.5) is 5.69 Å². The van der Waals surface area contributed by atoms with Gasteiger partial charge >= 0.3 is 5.97 Å². The molecule has 0 radical (unpaired) electrons. The zero-order valence-corrected chi connectivity index (χ0v) is 12.6. The van der Waals surface area contributed by atoms with E-state index in [1.807, 2.05) is 6.07 Å². The monoisotopic (exact) mass is 283 g/mol. The average Bonchev–Trinajstić information content (AvgIpc) is 2.39. The molecule has 0 aliphatic rings. The summed E-state index contributed by atoms with van der Waals surface area (Å²) in [5.41, 5.74) is 1.05. The Morgan fingerprint density at radius 2 is 2.11 bits per heavy atom. The summed E-state index contributed by atoms with van der Waals surface area (Å²) in [6.07, 6.45) is 3.11. The van der Waals surface area contributed by atoms with Crippen molar-refractivity contribution in [3.05, 3.63) is 28.8 Å². The molecule has 3 nitrogen and oxygen atoms in total. The second kappa shape index (κ2) is 7.39. The predicted octanol–water partition coefficient (Wildman–Crippen LogP) is 4.44. The van der Waals surface area contributed by atoms with Gasteiger partial charge in [-0.3, -0.25) is 0 Å². The Morgan fingerprint density at radius 1 is 1.42 bits per heavy atom. The molecule has 19 heavy (non-hydrogen) atoms. The standard InChI is InChI=1S/C15H22ClNO2/c1-4-6-9-17(11(3)5-2)14-8-7-12(16)10-13(14)15(18)19/h7-8,10-11H,4-6,9H2,1-3H3,(H,18,19). The molecule has 0 aliphatic carbocycles. The molecule has 0 spiro atoms. The van der Waals surface area contributed by atoms with Crippen molar-refractivity contribution in [1.82, 2.24) is 0 Å². The first-order valence-corrected chi connectivity index (χ1v) is 7.18. The van der Waals surface area contributed by atoms with E-state index in [0.717, 1.165) is 31.5 Å². The van der Waals surface area contributed by atoms with Gasteiger partial charge in [-0.15, -0.1) is 0 Å². The lowest BCUT2D eigenvalue weighted by atomic mass is 10.1. The van der Waals surface area contributed by atoms with Crippen LogP contribution < -0.4 is 4.90 Å². The van der Waals surface area contributed by atoms with E-state index < -0.39 is 5.97 Å². The van der Waals surface area contributed by atoms with E-state index in [0.29, 0.717) is 11.1 Å². The number of aromatic carboxylic acids is 1. The van der Waals surface area contributed by atoms with Gasteiger partial charge in [0, 0.05) is 17.6 Å². The minimum Gasteiger partial charge on any atom is -0.478 e. The van der Waals surface area contributed by atoms with Gasteiger partial charge in [-0.2, -0.15) is 0 Å². The molecule has 1 N–H and O–H groups in total. The molecule has 0 aliphatic heterocycles. The number of hydrogen-bond acceptors (Lipinski definition) is 2. The molecule has 0 amide bonds. The summed E-state index contributed by atoms with van der Waals surface area (Å²) in [4.78, 5) is 13.5. The van der Waals surface area contributed by atoms with Crippen molar-refractivity contribution >= 4 is 23.3 Å². The van der Waals surface area contributed by atoms with E-state index in [4.69, 9.17) is 11.6 Å². The minimum atomic E-state index is -0.928. The van der Waals surface area contributed by atoms with Crippen LogP contribution in [0.25, 0.3) is 0 Å². The molecule has 0 aromatic heterocycles. The molecule has 1 atom stereocenters. The number of unbranched alkanes of at least 4 members (excludes halogenated alkanes) is 1. The van der Waals surface area contributed by atoms with Gasteiger partial charge < -0.3 is 10.0 Å². The fourth-order valence-electron chi connectivity index (χ4n) is 2.06. The summed E-state index contributed by atoms with van der Waals surface area (Å²) in [6.45, 7) is 7.23. The highest BCUT2D eigenvalue weighted by Gasteiger charge is 2.19. The predicted molar refractivity (Wildman–Crippen MR) is 80.4 cm³/mol. The number of rotatable bonds is 7. The lowest BCUT2D eigenvalue weighted by Crippen LogP contribution is -2.34. The average molecular weight is 284 g/mol. The maximum absolute atomic E-state index is 11.4. The molecule has 1 unspecified atom stereocenters. The van der Waals surface area contributed by atoms with Gasteiger partial charge in [0.2, 0.25) is 0 Å². The van der Waals surface area contributed by atoms with E-state index in [1.165, 1.54) is 6.07 Å². The molecular weight excluding hydrogens is 262 g/mol. The van der Waals surface area contributed by atoms with Gasteiger partial charge in [-0.25, -0.2) is 4.79 Å². The largest absolute Gasteiger partial charge is 0.478 e. The van der Waals surface area contributed by atoms with Crippen molar-refractivity contribution in [3.63, 3.8) is 0 Å². The SMILES string of the molecule is CCCCN(c1ccc(Cl)cc1C(=O)O)C(C)CC. The van der Waals surface area contributed by atoms with Crippen LogP contribution in [0.5, 0.6) is 0 Å². The molecule has 0 heterocycles. The number of carboxylic acid groups (broad SMARTS) is 1.